The van der Waals surface area contributed by atoms with Gasteiger partial charge in [0.15, 0.2) is 0 Å². The number of hydrogen-bond donors (Lipinski definition) is 0. The molecule has 1 heterocycles. The third kappa shape index (κ3) is 7.16. The highest BCUT2D eigenvalue weighted by Crippen LogP contribution is 2.45. The van der Waals surface area contributed by atoms with Crippen LogP contribution in [0.25, 0.3) is 16.7 Å². The normalized spacial score (nSPS) is 20.0. The maximum absolute atomic E-state index is 15.1. The zero-order valence-electron chi connectivity index (χ0n) is 26.0. The quantitative estimate of drug-likeness (QED) is 0.195. The molecule has 1 aliphatic carbocycles. The minimum Gasteiger partial charge on any atom is -0.465 e. The Morgan fingerprint density at radius 2 is 1.53 bits per heavy atom. The van der Waals surface area contributed by atoms with Crippen molar-refractivity contribution < 1.29 is 49.8 Å². The first kappa shape index (κ1) is 34.0. The molecule has 0 radical (unpaired) electrons. The fraction of sp³-hybridized carbons (Fsp3) is 0.371. The highest BCUT2D eigenvalue weighted by Gasteiger charge is 2.44. The van der Waals surface area contributed by atoms with Crippen LogP contribution in [-0.4, -0.2) is 36.7 Å². The van der Waals surface area contributed by atoms with E-state index >= 15 is 4.39 Å². The third-order valence-corrected chi connectivity index (χ3v) is 8.79. The van der Waals surface area contributed by atoms with E-state index in [4.69, 9.17) is 9.47 Å². The van der Waals surface area contributed by atoms with Crippen LogP contribution in [-0.2, 0) is 21.8 Å². The number of hydrogen-bond acceptors (Lipinski definition) is 4. The number of cyclic esters (lactones) is 1. The second kappa shape index (κ2) is 12.4. The predicted molar refractivity (Wildman–Crippen MR) is 160 cm³/mol. The lowest BCUT2D eigenvalue weighted by atomic mass is 9.72. The summed E-state index contributed by atoms with van der Waals surface area (Å²) in [6, 6.07) is 11.2. The van der Waals surface area contributed by atoms with Crippen molar-refractivity contribution in [1.82, 2.24) is 4.90 Å². The maximum atomic E-state index is 15.1. The van der Waals surface area contributed by atoms with Crippen molar-refractivity contribution in [3.63, 3.8) is 0 Å². The number of alkyl halides is 6. The molecule has 5 nitrogen and oxygen atoms in total. The van der Waals surface area contributed by atoms with Gasteiger partial charge in [-0.1, -0.05) is 32.0 Å². The molecule has 0 N–H and O–H groups in total. The summed E-state index contributed by atoms with van der Waals surface area (Å²) in [7, 11) is 1.26. The van der Waals surface area contributed by atoms with Gasteiger partial charge in [0.1, 0.15) is 11.9 Å². The van der Waals surface area contributed by atoms with E-state index < -0.39 is 59.1 Å². The van der Waals surface area contributed by atoms with Gasteiger partial charge in [0, 0.05) is 12.1 Å². The minimum atomic E-state index is -5.05. The van der Waals surface area contributed by atoms with Crippen molar-refractivity contribution >= 4 is 17.6 Å². The molecule has 1 saturated heterocycles. The first-order valence-electron chi connectivity index (χ1n) is 14.8. The lowest BCUT2D eigenvalue weighted by Crippen LogP contribution is -2.35. The summed E-state index contributed by atoms with van der Waals surface area (Å²) in [6.45, 7) is 5.64. The summed E-state index contributed by atoms with van der Waals surface area (Å²) >= 11 is 0. The molecular weight excluding hydrogens is 631 g/mol. The molecule has 0 saturated carbocycles. The number of methoxy groups -OCH3 is 1. The molecule has 3 aromatic carbocycles. The monoisotopic (exact) mass is 663 g/mol. The van der Waals surface area contributed by atoms with Gasteiger partial charge in [0.25, 0.3) is 0 Å². The summed E-state index contributed by atoms with van der Waals surface area (Å²) in [5.41, 5.74) is -0.0715. The molecule has 2 atom stereocenters. The summed E-state index contributed by atoms with van der Waals surface area (Å²) in [4.78, 5) is 26.3. The smallest absolute Gasteiger partial charge is 0.416 e. The molecule has 2 aliphatic rings. The Balaban J connectivity index is 1.50. The number of carbonyl (C=O) groups is 2. The van der Waals surface area contributed by atoms with E-state index in [1.54, 1.807) is 24.3 Å². The number of rotatable bonds is 6. The fourth-order valence-corrected chi connectivity index (χ4v) is 6.26. The van der Waals surface area contributed by atoms with Gasteiger partial charge in [-0.25, -0.2) is 14.0 Å². The Hall–Kier alpha value is -4.35. The van der Waals surface area contributed by atoms with Gasteiger partial charge >= 0.3 is 24.4 Å². The van der Waals surface area contributed by atoms with E-state index in [0.29, 0.717) is 41.7 Å². The van der Waals surface area contributed by atoms with Crippen LogP contribution in [0.2, 0.25) is 0 Å². The Labute approximate surface area is 267 Å². The van der Waals surface area contributed by atoms with Crippen LogP contribution in [0.15, 0.2) is 66.2 Å². The van der Waals surface area contributed by atoms with Gasteiger partial charge in [-0.15, -0.1) is 0 Å². The number of amides is 1. The lowest BCUT2D eigenvalue weighted by Gasteiger charge is -2.35. The van der Waals surface area contributed by atoms with Gasteiger partial charge < -0.3 is 9.47 Å². The number of benzene rings is 3. The summed E-state index contributed by atoms with van der Waals surface area (Å²) < 4.78 is 107. The first-order valence-corrected chi connectivity index (χ1v) is 14.8. The van der Waals surface area contributed by atoms with Crippen molar-refractivity contribution in [2.24, 2.45) is 5.41 Å². The van der Waals surface area contributed by atoms with Gasteiger partial charge in [-0.2, -0.15) is 26.3 Å². The standard InChI is InChI=1S/C35H32F7NO4/c1-19-30(23-13-25(34(37,38)39)16-26(14-23)35(40,41)42)47-32(45)43(19)18-24-17-33(2,3)12-11-27(24)22-9-10-29(36)28(15-22)20-5-7-21(8-6-20)31(44)46-4/h5-10,13-16,19,30H,11-12,17-18H2,1-4H3/t19-,30?/m0/s1. The molecule has 0 spiro atoms. The highest BCUT2D eigenvalue weighted by molar-refractivity contribution is 5.90. The van der Waals surface area contributed by atoms with Crippen molar-refractivity contribution in [3.8, 4) is 11.1 Å². The summed E-state index contributed by atoms with van der Waals surface area (Å²) in [6.07, 6.45) is -10.5. The molecule has 1 aliphatic heterocycles. The largest absolute Gasteiger partial charge is 0.465 e. The Morgan fingerprint density at radius 1 is 0.936 bits per heavy atom. The Morgan fingerprint density at radius 3 is 2.11 bits per heavy atom. The zero-order chi connectivity index (χ0) is 34.5. The number of ether oxygens (including phenoxy) is 2. The number of nitrogens with zero attached hydrogens (tertiary/aromatic N) is 1. The van der Waals surface area contributed by atoms with Gasteiger partial charge in [0.2, 0.25) is 0 Å². The van der Waals surface area contributed by atoms with Crippen LogP contribution < -0.4 is 0 Å². The second-order valence-electron chi connectivity index (χ2n) is 12.7. The second-order valence-corrected chi connectivity index (χ2v) is 12.7. The SMILES string of the molecule is COC(=O)c1ccc(-c2cc(C3=C(CN4C(=O)OC(c5cc(C(F)(F)F)cc(C(F)(F)F)c5)[C@@H]4C)CC(C)(C)CC3)ccc2F)cc1. The molecule has 47 heavy (non-hydrogen) atoms. The maximum Gasteiger partial charge on any atom is 0.416 e. The van der Waals surface area contributed by atoms with E-state index in [1.807, 2.05) is 0 Å². The zero-order valence-corrected chi connectivity index (χ0v) is 26.0. The molecule has 12 heteroatoms. The Kier molecular flexibility index (Phi) is 8.93. The molecule has 5 rings (SSSR count). The minimum absolute atomic E-state index is 0.0148. The average Bonchev–Trinajstić information content (AvgIpc) is 3.28. The van der Waals surface area contributed by atoms with Crippen LogP contribution in [0, 0.1) is 11.2 Å². The molecule has 1 amide bonds. The van der Waals surface area contributed by atoms with Crippen LogP contribution in [0.1, 0.15) is 78.7 Å². The topological polar surface area (TPSA) is 55.8 Å². The fourth-order valence-electron chi connectivity index (χ4n) is 6.26. The summed E-state index contributed by atoms with van der Waals surface area (Å²) in [5.74, 6) is -1.02. The van der Waals surface area contributed by atoms with E-state index in [9.17, 15) is 35.9 Å². The van der Waals surface area contributed by atoms with E-state index in [0.717, 1.165) is 17.6 Å². The average molecular weight is 664 g/mol. The number of carbonyl (C=O) groups excluding carboxylic acids is 2. The summed E-state index contributed by atoms with van der Waals surface area (Å²) in [5, 5.41) is 0. The molecule has 1 fully saturated rings. The molecule has 0 bridgehead atoms. The molecular formula is C35H32F7NO4. The molecule has 1 unspecified atom stereocenters. The van der Waals surface area contributed by atoms with Gasteiger partial charge in [-0.05, 0) is 102 Å². The van der Waals surface area contributed by atoms with E-state index in [-0.39, 0.29) is 23.6 Å². The van der Waals surface area contributed by atoms with Crippen LogP contribution in [0.4, 0.5) is 35.5 Å². The Bertz CT molecular complexity index is 1690. The van der Waals surface area contributed by atoms with Gasteiger partial charge in [0.05, 0.1) is 29.8 Å². The van der Waals surface area contributed by atoms with E-state index in [2.05, 4.69) is 13.8 Å². The molecule has 250 valence electrons. The number of allylic oxidation sites excluding steroid dienone is 1. The van der Waals surface area contributed by atoms with Crippen LogP contribution in [0.5, 0.6) is 0 Å². The van der Waals surface area contributed by atoms with Crippen LogP contribution >= 0.6 is 0 Å². The highest BCUT2D eigenvalue weighted by atomic mass is 19.4. The first-order chi connectivity index (χ1) is 21.9. The predicted octanol–water partition coefficient (Wildman–Crippen LogP) is 9.86. The van der Waals surface area contributed by atoms with Crippen LogP contribution in [0.3, 0.4) is 0 Å². The van der Waals surface area contributed by atoms with Crippen molar-refractivity contribution in [2.75, 3.05) is 13.7 Å². The number of esters is 1. The van der Waals surface area contributed by atoms with Crippen molar-refractivity contribution in [2.45, 2.75) is 64.5 Å². The lowest BCUT2D eigenvalue weighted by molar-refractivity contribution is -0.143. The molecule has 0 aromatic heterocycles. The van der Waals surface area contributed by atoms with Gasteiger partial charge in [-0.3, -0.25) is 4.90 Å². The van der Waals surface area contributed by atoms with E-state index in [1.165, 1.54) is 37.1 Å². The number of halogens is 7. The molecule has 3 aromatic rings. The van der Waals surface area contributed by atoms with Crippen molar-refractivity contribution in [1.29, 1.82) is 0 Å². The third-order valence-electron chi connectivity index (χ3n) is 8.79. The van der Waals surface area contributed by atoms with Crippen molar-refractivity contribution in [3.05, 3.63) is 99.9 Å².